The van der Waals surface area contributed by atoms with Gasteiger partial charge in [0.2, 0.25) is 0 Å². The minimum Gasteiger partial charge on any atom is -0.380 e. The van der Waals surface area contributed by atoms with Gasteiger partial charge in [-0.1, -0.05) is 6.92 Å². The van der Waals surface area contributed by atoms with Crippen molar-refractivity contribution in [3.05, 3.63) is 0 Å². The first-order valence-electron chi connectivity index (χ1n) is 6.02. The average Bonchev–Trinajstić information content (AvgIpc) is 2.45. The van der Waals surface area contributed by atoms with Crippen LogP contribution >= 0.6 is 0 Å². The maximum atomic E-state index is 5.85. The summed E-state index contributed by atoms with van der Waals surface area (Å²) >= 11 is 0. The molecule has 3 heteroatoms. The van der Waals surface area contributed by atoms with Crippen molar-refractivity contribution in [2.45, 2.75) is 45.9 Å². The van der Waals surface area contributed by atoms with E-state index in [1.54, 1.807) is 0 Å². The van der Waals surface area contributed by atoms with Crippen LogP contribution in [0.4, 0.5) is 0 Å². The molecule has 1 rings (SSSR count). The van der Waals surface area contributed by atoms with Crippen LogP contribution in [-0.2, 0) is 9.47 Å². The van der Waals surface area contributed by atoms with Gasteiger partial charge in [0, 0.05) is 18.6 Å². The van der Waals surface area contributed by atoms with Crippen LogP contribution in [0, 0.1) is 11.8 Å². The van der Waals surface area contributed by atoms with Crippen LogP contribution < -0.4 is 5.32 Å². The van der Waals surface area contributed by atoms with Crippen molar-refractivity contribution in [3.63, 3.8) is 0 Å². The Balaban J connectivity index is 2.58. The number of ether oxygens (including phenoxy) is 2. The summed E-state index contributed by atoms with van der Waals surface area (Å²) in [6, 6.07) is 0.403. The molecule has 90 valence electrons. The van der Waals surface area contributed by atoms with E-state index in [4.69, 9.17) is 9.47 Å². The Hall–Kier alpha value is -0.120. The molecule has 0 bridgehead atoms. The lowest BCUT2D eigenvalue weighted by Crippen LogP contribution is -2.43. The lowest BCUT2D eigenvalue weighted by Gasteiger charge is -2.28. The molecule has 1 aliphatic rings. The first-order valence-corrected chi connectivity index (χ1v) is 6.02. The molecular formula is C12H25NO2. The molecule has 0 spiro atoms. The predicted octanol–water partition coefficient (Wildman–Crippen LogP) is 1.67. The predicted molar refractivity (Wildman–Crippen MR) is 62.0 cm³/mol. The van der Waals surface area contributed by atoms with Crippen LogP contribution in [0.3, 0.4) is 0 Å². The summed E-state index contributed by atoms with van der Waals surface area (Å²) in [5, 5.41) is 3.36. The summed E-state index contributed by atoms with van der Waals surface area (Å²) in [6.07, 6.45) is 0.690. The van der Waals surface area contributed by atoms with Crippen LogP contribution in [0.2, 0.25) is 0 Å². The average molecular weight is 215 g/mol. The lowest BCUT2D eigenvalue weighted by molar-refractivity contribution is 0.0387. The number of hydrogen-bond donors (Lipinski definition) is 1. The molecule has 1 saturated heterocycles. The number of hydrogen-bond acceptors (Lipinski definition) is 3. The molecule has 1 aliphatic heterocycles. The van der Waals surface area contributed by atoms with E-state index in [0.29, 0.717) is 30.1 Å². The summed E-state index contributed by atoms with van der Waals surface area (Å²) < 4.78 is 11.4. The zero-order valence-corrected chi connectivity index (χ0v) is 10.6. The highest BCUT2D eigenvalue weighted by Gasteiger charge is 2.41. The molecule has 0 aromatic heterocycles. The third-order valence-electron chi connectivity index (χ3n) is 3.66. The van der Waals surface area contributed by atoms with Crippen LogP contribution in [0.15, 0.2) is 0 Å². The van der Waals surface area contributed by atoms with Crippen LogP contribution in [0.1, 0.15) is 27.7 Å². The normalized spacial score (nSPS) is 38.2. The smallest absolute Gasteiger partial charge is 0.0623 e. The third kappa shape index (κ3) is 2.92. The van der Waals surface area contributed by atoms with Gasteiger partial charge in [-0.3, -0.25) is 0 Å². The third-order valence-corrected chi connectivity index (χ3v) is 3.66. The topological polar surface area (TPSA) is 30.5 Å². The van der Waals surface area contributed by atoms with Gasteiger partial charge in [-0.2, -0.15) is 0 Å². The van der Waals surface area contributed by atoms with E-state index in [9.17, 15) is 0 Å². The van der Waals surface area contributed by atoms with E-state index in [1.165, 1.54) is 0 Å². The van der Waals surface area contributed by atoms with Gasteiger partial charge in [-0.25, -0.2) is 0 Å². The minimum absolute atomic E-state index is 0.327. The summed E-state index contributed by atoms with van der Waals surface area (Å²) in [7, 11) is 2.01. The summed E-state index contributed by atoms with van der Waals surface area (Å²) in [5.41, 5.74) is 0. The van der Waals surface area contributed by atoms with Crippen LogP contribution in [0.25, 0.3) is 0 Å². The molecule has 1 fully saturated rings. The maximum Gasteiger partial charge on any atom is 0.0623 e. The van der Waals surface area contributed by atoms with E-state index in [-0.39, 0.29) is 0 Å². The molecule has 0 saturated carbocycles. The van der Waals surface area contributed by atoms with Crippen LogP contribution in [-0.4, -0.2) is 38.5 Å². The fraction of sp³-hybridized carbons (Fsp3) is 1.00. The Bertz CT molecular complexity index is 186. The molecule has 0 radical (unpaired) electrons. The molecule has 15 heavy (non-hydrogen) atoms. The zero-order chi connectivity index (χ0) is 11.4. The molecule has 0 aromatic carbocycles. The fourth-order valence-electron chi connectivity index (χ4n) is 2.62. The van der Waals surface area contributed by atoms with Gasteiger partial charge >= 0.3 is 0 Å². The van der Waals surface area contributed by atoms with Crippen molar-refractivity contribution in [2.24, 2.45) is 11.8 Å². The fourth-order valence-corrected chi connectivity index (χ4v) is 2.62. The van der Waals surface area contributed by atoms with E-state index in [2.05, 4.69) is 26.1 Å². The summed E-state index contributed by atoms with van der Waals surface area (Å²) in [4.78, 5) is 0. The second-order valence-electron chi connectivity index (χ2n) is 4.54. The quantitative estimate of drug-likeness (QED) is 0.757. The van der Waals surface area contributed by atoms with E-state index >= 15 is 0 Å². The largest absolute Gasteiger partial charge is 0.380 e. The van der Waals surface area contributed by atoms with Crippen molar-refractivity contribution in [1.29, 1.82) is 0 Å². The standard InChI is InChI=1S/C12H25NO2/c1-6-14-7-11(13-5)12-8(2)9(3)15-10(12)4/h8-13H,6-7H2,1-5H3. The maximum absolute atomic E-state index is 5.85. The van der Waals surface area contributed by atoms with Crippen molar-refractivity contribution >= 4 is 0 Å². The van der Waals surface area contributed by atoms with Gasteiger partial charge < -0.3 is 14.8 Å². The Morgan fingerprint density at radius 2 is 1.93 bits per heavy atom. The molecule has 1 N–H and O–H groups in total. The Morgan fingerprint density at radius 3 is 2.33 bits per heavy atom. The van der Waals surface area contributed by atoms with E-state index in [1.807, 2.05) is 14.0 Å². The highest BCUT2D eigenvalue weighted by Crippen LogP contribution is 2.34. The zero-order valence-electron chi connectivity index (χ0n) is 10.6. The first-order chi connectivity index (χ1) is 7.11. The lowest BCUT2D eigenvalue weighted by atomic mass is 9.84. The Kier molecular flexibility index (Phi) is 5.03. The minimum atomic E-state index is 0.327. The monoisotopic (exact) mass is 215 g/mol. The second-order valence-corrected chi connectivity index (χ2v) is 4.54. The molecule has 5 unspecified atom stereocenters. The molecular weight excluding hydrogens is 190 g/mol. The van der Waals surface area contributed by atoms with Crippen molar-refractivity contribution in [2.75, 3.05) is 20.3 Å². The van der Waals surface area contributed by atoms with Gasteiger partial charge in [0.05, 0.1) is 18.8 Å². The van der Waals surface area contributed by atoms with Gasteiger partial charge in [-0.15, -0.1) is 0 Å². The van der Waals surface area contributed by atoms with Gasteiger partial charge in [0.15, 0.2) is 0 Å². The second kappa shape index (κ2) is 5.83. The van der Waals surface area contributed by atoms with E-state index < -0.39 is 0 Å². The molecule has 1 heterocycles. The van der Waals surface area contributed by atoms with E-state index in [0.717, 1.165) is 13.2 Å². The SMILES string of the molecule is CCOCC(NC)C1C(C)OC(C)C1C. The molecule has 0 aliphatic carbocycles. The highest BCUT2D eigenvalue weighted by atomic mass is 16.5. The number of likely N-dealkylation sites (N-methyl/N-ethyl adjacent to an activating group) is 1. The molecule has 5 atom stereocenters. The van der Waals surface area contributed by atoms with Gasteiger partial charge in [0.1, 0.15) is 0 Å². The van der Waals surface area contributed by atoms with Crippen molar-refractivity contribution in [1.82, 2.24) is 5.32 Å². The number of nitrogens with one attached hydrogen (secondary N) is 1. The van der Waals surface area contributed by atoms with Gasteiger partial charge in [0.25, 0.3) is 0 Å². The Labute approximate surface area is 93.5 Å². The van der Waals surface area contributed by atoms with Crippen molar-refractivity contribution < 1.29 is 9.47 Å². The first kappa shape index (κ1) is 12.9. The Morgan fingerprint density at radius 1 is 1.27 bits per heavy atom. The highest BCUT2D eigenvalue weighted by molar-refractivity contribution is 4.91. The summed E-state index contributed by atoms with van der Waals surface area (Å²) in [5.74, 6) is 1.15. The molecule has 3 nitrogen and oxygen atoms in total. The number of rotatable bonds is 5. The van der Waals surface area contributed by atoms with Crippen molar-refractivity contribution in [3.8, 4) is 0 Å². The molecule has 0 amide bonds. The van der Waals surface area contributed by atoms with Gasteiger partial charge in [-0.05, 0) is 33.7 Å². The van der Waals surface area contributed by atoms with Crippen LogP contribution in [0.5, 0.6) is 0 Å². The summed E-state index contributed by atoms with van der Waals surface area (Å²) in [6.45, 7) is 10.2. The molecule has 0 aromatic rings.